The molecule has 1 saturated heterocycles. The van der Waals surface area contributed by atoms with Crippen molar-refractivity contribution in [1.29, 1.82) is 0 Å². The van der Waals surface area contributed by atoms with Crippen LogP contribution in [0.3, 0.4) is 0 Å². The van der Waals surface area contributed by atoms with Gasteiger partial charge in [0.15, 0.2) is 5.69 Å². The fourth-order valence-electron chi connectivity index (χ4n) is 3.17. The maximum Gasteiger partial charge on any atom is 0.276 e. The monoisotopic (exact) mass is 300 g/mol. The third-order valence-electron chi connectivity index (χ3n) is 4.53. The molecule has 0 spiro atoms. The number of hydrogen-bond acceptors (Lipinski definition) is 4. The van der Waals surface area contributed by atoms with Gasteiger partial charge in [-0.05, 0) is 38.2 Å². The topological polar surface area (TPSA) is 64.2 Å². The van der Waals surface area contributed by atoms with Gasteiger partial charge in [-0.25, -0.2) is 0 Å². The van der Waals surface area contributed by atoms with Crippen molar-refractivity contribution in [3.05, 3.63) is 35.5 Å². The molecular weight excluding hydrogens is 280 g/mol. The molecule has 6 heteroatoms. The third kappa shape index (κ3) is 2.53. The molecule has 0 bridgehead atoms. The van der Waals surface area contributed by atoms with Gasteiger partial charge in [0.05, 0.1) is 18.8 Å². The molecule has 0 N–H and O–H groups in total. The van der Waals surface area contributed by atoms with Crippen molar-refractivity contribution in [2.24, 2.45) is 0 Å². The number of hydrogen-bond donors (Lipinski definition) is 0. The molecular formula is C16H20N4O2. The van der Waals surface area contributed by atoms with Crippen molar-refractivity contribution in [3.8, 4) is 0 Å². The molecule has 2 aromatic heterocycles. The molecule has 3 heterocycles. The van der Waals surface area contributed by atoms with E-state index < -0.39 is 0 Å². The minimum absolute atomic E-state index is 0.0120. The van der Waals surface area contributed by atoms with E-state index in [9.17, 15) is 4.79 Å². The Hall–Kier alpha value is -2.11. The second kappa shape index (κ2) is 5.26. The SMILES string of the molecule is Cc1cnn(C[C@H]2CCCN2C(=O)c2cc(C3CC3)on2)c1. The Kier molecular flexibility index (Phi) is 3.24. The third-order valence-corrected chi connectivity index (χ3v) is 4.53. The van der Waals surface area contributed by atoms with E-state index in [4.69, 9.17) is 4.52 Å². The van der Waals surface area contributed by atoms with Crippen molar-refractivity contribution in [2.45, 2.75) is 51.1 Å². The highest BCUT2D eigenvalue weighted by atomic mass is 16.5. The van der Waals surface area contributed by atoms with Crippen molar-refractivity contribution in [2.75, 3.05) is 6.54 Å². The second-order valence-electron chi connectivity index (χ2n) is 6.42. The van der Waals surface area contributed by atoms with Gasteiger partial charge in [0.2, 0.25) is 0 Å². The van der Waals surface area contributed by atoms with Gasteiger partial charge in [-0.2, -0.15) is 5.10 Å². The van der Waals surface area contributed by atoms with Gasteiger partial charge in [0.1, 0.15) is 5.76 Å². The van der Waals surface area contributed by atoms with E-state index in [1.807, 2.05) is 35.0 Å². The van der Waals surface area contributed by atoms with Crippen LogP contribution in [0.2, 0.25) is 0 Å². The van der Waals surface area contributed by atoms with Crippen LogP contribution < -0.4 is 0 Å². The van der Waals surface area contributed by atoms with E-state index in [1.165, 1.54) is 0 Å². The Morgan fingerprint density at radius 1 is 1.41 bits per heavy atom. The van der Waals surface area contributed by atoms with Gasteiger partial charge in [-0.3, -0.25) is 9.48 Å². The summed E-state index contributed by atoms with van der Waals surface area (Å²) in [5, 5.41) is 8.30. The van der Waals surface area contributed by atoms with Crippen LogP contribution in [0.1, 0.15) is 53.4 Å². The molecule has 2 aliphatic rings. The molecule has 1 aliphatic carbocycles. The zero-order chi connectivity index (χ0) is 15.1. The largest absolute Gasteiger partial charge is 0.360 e. The maximum absolute atomic E-state index is 12.7. The highest BCUT2D eigenvalue weighted by molar-refractivity contribution is 5.92. The predicted molar refractivity (Wildman–Crippen MR) is 79.5 cm³/mol. The minimum Gasteiger partial charge on any atom is -0.360 e. The van der Waals surface area contributed by atoms with E-state index >= 15 is 0 Å². The van der Waals surface area contributed by atoms with E-state index in [2.05, 4.69) is 10.3 Å². The molecule has 0 radical (unpaired) electrons. The number of likely N-dealkylation sites (tertiary alicyclic amines) is 1. The van der Waals surface area contributed by atoms with Gasteiger partial charge >= 0.3 is 0 Å². The van der Waals surface area contributed by atoms with Crippen molar-refractivity contribution in [1.82, 2.24) is 19.8 Å². The number of amides is 1. The van der Waals surface area contributed by atoms with Crippen molar-refractivity contribution < 1.29 is 9.32 Å². The lowest BCUT2D eigenvalue weighted by molar-refractivity contribution is 0.0711. The average Bonchev–Trinajstić information content (AvgIpc) is 2.92. The minimum atomic E-state index is -0.0120. The molecule has 1 atom stereocenters. The molecule has 1 amide bonds. The summed E-state index contributed by atoms with van der Waals surface area (Å²) in [5.41, 5.74) is 1.59. The summed E-state index contributed by atoms with van der Waals surface area (Å²) >= 11 is 0. The standard InChI is InChI=1S/C16H20N4O2/c1-11-8-17-19(9-11)10-13-3-2-6-20(13)16(21)14-7-15(22-18-14)12-4-5-12/h7-9,12-13H,2-6,10H2,1H3/t13-/m1/s1. The van der Waals surface area contributed by atoms with Gasteiger partial charge in [0, 0.05) is 24.7 Å². The number of rotatable bonds is 4. The van der Waals surface area contributed by atoms with Crippen LogP contribution in [-0.2, 0) is 6.54 Å². The lowest BCUT2D eigenvalue weighted by atomic mass is 10.2. The average molecular weight is 300 g/mol. The molecule has 0 aromatic carbocycles. The number of nitrogens with zero attached hydrogens (tertiary/aromatic N) is 4. The van der Waals surface area contributed by atoms with Crippen molar-refractivity contribution in [3.63, 3.8) is 0 Å². The lowest BCUT2D eigenvalue weighted by Gasteiger charge is -2.23. The zero-order valence-electron chi connectivity index (χ0n) is 12.7. The van der Waals surface area contributed by atoms with Crippen molar-refractivity contribution >= 4 is 5.91 Å². The Morgan fingerprint density at radius 2 is 2.27 bits per heavy atom. The molecule has 1 aliphatic heterocycles. The summed E-state index contributed by atoms with van der Waals surface area (Å²) in [6, 6.07) is 2.01. The molecule has 6 nitrogen and oxygen atoms in total. The fraction of sp³-hybridized carbons (Fsp3) is 0.562. The first-order valence-corrected chi connectivity index (χ1v) is 7.97. The molecule has 2 fully saturated rings. The fourth-order valence-corrected chi connectivity index (χ4v) is 3.17. The predicted octanol–water partition coefficient (Wildman–Crippen LogP) is 2.36. The van der Waals surface area contributed by atoms with Gasteiger partial charge in [-0.15, -0.1) is 0 Å². The summed E-state index contributed by atoms with van der Waals surface area (Å²) in [5.74, 6) is 1.33. The van der Waals surface area contributed by atoms with E-state index in [1.54, 1.807) is 0 Å². The molecule has 116 valence electrons. The molecule has 2 aromatic rings. The van der Waals surface area contributed by atoms with Gasteiger partial charge in [-0.1, -0.05) is 5.16 Å². The maximum atomic E-state index is 12.7. The van der Waals surface area contributed by atoms with E-state index in [-0.39, 0.29) is 11.9 Å². The number of aromatic nitrogens is 3. The number of carbonyl (C=O) groups excluding carboxylic acids is 1. The highest BCUT2D eigenvalue weighted by Gasteiger charge is 2.33. The summed E-state index contributed by atoms with van der Waals surface area (Å²) in [7, 11) is 0. The Balaban J connectivity index is 1.48. The van der Waals surface area contributed by atoms with Crippen LogP contribution in [-0.4, -0.2) is 38.3 Å². The summed E-state index contributed by atoms with van der Waals surface area (Å²) < 4.78 is 7.23. The first kappa shape index (κ1) is 13.5. The van der Waals surface area contributed by atoms with Gasteiger partial charge < -0.3 is 9.42 Å². The Morgan fingerprint density at radius 3 is 3.00 bits per heavy atom. The highest BCUT2D eigenvalue weighted by Crippen LogP contribution is 2.40. The van der Waals surface area contributed by atoms with Crippen LogP contribution in [0.15, 0.2) is 23.0 Å². The molecule has 1 saturated carbocycles. The van der Waals surface area contributed by atoms with Crippen LogP contribution in [0.5, 0.6) is 0 Å². The van der Waals surface area contributed by atoms with E-state index in [0.717, 1.165) is 50.1 Å². The quantitative estimate of drug-likeness (QED) is 0.869. The normalized spacial score (nSPS) is 21.5. The zero-order valence-corrected chi connectivity index (χ0v) is 12.7. The van der Waals surface area contributed by atoms with Crippen LogP contribution >= 0.6 is 0 Å². The Bertz CT molecular complexity index is 686. The summed E-state index contributed by atoms with van der Waals surface area (Å²) in [4.78, 5) is 14.6. The number of carbonyl (C=O) groups is 1. The molecule has 0 unspecified atom stereocenters. The smallest absolute Gasteiger partial charge is 0.276 e. The van der Waals surface area contributed by atoms with Gasteiger partial charge in [0.25, 0.3) is 5.91 Å². The summed E-state index contributed by atoms with van der Waals surface area (Å²) in [6.45, 7) is 3.55. The first-order valence-electron chi connectivity index (χ1n) is 7.97. The van der Waals surface area contributed by atoms with Crippen LogP contribution in [0.25, 0.3) is 0 Å². The Labute approximate surface area is 129 Å². The van der Waals surface area contributed by atoms with Crippen LogP contribution in [0, 0.1) is 6.92 Å². The first-order chi connectivity index (χ1) is 10.7. The van der Waals surface area contributed by atoms with E-state index in [0.29, 0.717) is 11.6 Å². The lowest BCUT2D eigenvalue weighted by Crippen LogP contribution is -2.38. The summed E-state index contributed by atoms with van der Waals surface area (Å²) in [6.07, 6.45) is 8.20. The molecule has 4 rings (SSSR count). The molecule has 22 heavy (non-hydrogen) atoms. The number of aryl methyl sites for hydroxylation is 1. The van der Waals surface area contributed by atoms with Crippen LogP contribution in [0.4, 0.5) is 0 Å². The second-order valence-corrected chi connectivity index (χ2v) is 6.42.